The first-order valence-electron chi connectivity index (χ1n) is 3.60. The highest BCUT2D eigenvalue weighted by atomic mass is 19.2. The number of rotatable bonds is 0. The Balaban J connectivity index is 2.60. The first kappa shape index (κ1) is 8.40. The summed E-state index contributed by atoms with van der Waals surface area (Å²) in [5.74, 6) is -2.45. The van der Waals surface area contributed by atoms with Gasteiger partial charge in [0, 0.05) is 5.56 Å². The van der Waals surface area contributed by atoms with Crippen molar-refractivity contribution in [2.45, 2.75) is 6.29 Å². The summed E-state index contributed by atoms with van der Waals surface area (Å²) >= 11 is 0. The Morgan fingerprint density at radius 3 is 2.85 bits per heavy atom. The second kappa shape index (κ2) is 2.93. The van der Waals surface area contributed by atoms with Gasteiger partial charge in [-0.3, -0.25) is 0 Å². The van der Waals surface area contributed by atoms with Crippen molar-refractivity contribution in [3.05, 3.63) is 29.3 Å². The highest BCUT2D eigenvalue weighted by Crippen LogP contribution is 2.29. The van der Waals surface area contributed by atoms with Crippen molar-refractivity contribution < 1.29 is 23.4 Å². The van der Waals surface area contributed by atoms with Crippen LogP contribution >= 0.6 is 0 Å². The summed E-state index contributed by atoms with van der Waals surface area (Å²) in [5, 5.41) is 9.15. The van der Waals surface area contributed by atoms with Crippen LogP contribution in [0.5, 0.6) is 5.75 Å². The first-order valence-corrected chi connectivity index (χ1v) is 3.60. The highest BCUT2D eigenvalue weighted by Gasteiger charge is 2.23. The van der Waals surface area contributed by atoms with Crippen LogP contribution in [0.1, 0.15) is 11.9 Å². The summed E-state index contributed by atoms with van der Waals surface area (Å²) in [6.07, 6.45) is -1.48. The van der Waals surface area contributed by atoms with Gasteiger partial charge in [-0.2, -0.15) is 4.39 Å². The smallest absolute Gasteiger partial charge is 0.201 e. The summed E-state index contributed by atoms with van der Waals surface area (Å²) < 4.78 is 35.3. The van der Waals surface area contributed by atoms with Gasteiger partial charge >= 0.3 is 0 Å². The van der Waals surface area contributed by atoms with Crippen LogP contribution in [-0.4, -0.2) is 11.9 Å². The lowest BCUT2D eigenvalue weighted by atomic mass is 10.2. The Hall–Kier alpha value is -1.20. The summed E-state index contributed by atoms with van der Waals surface area (Å²) in [7, 11) is 0. The standard InChI is InChI=1S/C8H6F2O3/c9-6-4-1-2-5(7(6)10)12-3-13-8(4)11/h1-2,8,11H,3H2. The molecule has 2 aliphatic rings. The van der Waals surface area contributed by atoms with Gasteiger partial charge in [0.1, 0.15) is 0 Å². The third kappa shape index (κ3) is 1.26. The summed E-state index contributed by atoms with van der Waals surface area (Å²) in [6.45, 7) is -0.301. The third-order valence-corrected chi connectivity index (χ3v) is 1.78. The molecular weight excluding hydrogens is 182 g/mol. The van der Waals surface area contributed by atoms with Crippen LogP contribution in [0.3, 0.4) is 0 Å². The Morgan fingerprint density at radius 2 is 2.08 bits per heavy atom. The third-order valence-electron chi connectivity index (χ3n) is 1.78. The zero-order chi connectivity index (χ0) is 9.42. The molecule has 0 saturated heterocycles. The van der Waals surface area contributed by atoms with Gasteiger partial charge < -0.3 is 14.6 Å². The molecule has 2 aliphatic heterocycles. The molecule has 1 aromatic rings. The number of hydrogen-bond acceptors (Lipinski definition) is 3. The lowest BCUT2D eigenvalue weighted by molar-refractivity contribution is -0.151. The molecule has 70 valence electrons. The molecule has 1 aromatic carbocycles. The van der Waals surface area contributed by atoms with Gasteiger partial charge in [0.15, 0.2) is 24.6 Å². The SMILES string of the molecule is OC1OCOc2ccc1c(F)c2F. The van der Waals surface area contributed by atoms with E-state index in [2.05, 4.69) is 9.47 Å². The van der Waals surface area contributed by atoms with Gasteiger partial charge in [0.25, 0.3) is 0 Å². The van der Waals surface area contributed by atoms with Crippen LogP contribution in [-0.2, 0) is 4.74 Å². The molecule has 2 heterocycles. The van der Waals surface area contributed by atoms with E-state index in [1.165, 1.54) is 12.1 Å². The van der Waals surface area contributed by atoms with Crippen LogP contribution in [0.25, 0.3) is 0 Å². The van der Waals surface area contributed by atoms with Gasteiger partial charge in [-0.05, 0) is 12.1 Å². The quantitative estimate of drug-likeness (QED) is 0.667. The molecule has 13 heavy (non-hydrogen) atoms. The predicted molar refractivity (Wildman–Crippen MR) is 37.9 cm³/mol. The van der Waals surface area contributed by atoms with E-state index in [9.17, 15) is 8.78 Å². The maximum atomic E-state index is 13.0. The largest absolute Gasteiger partial charge is 0.464 e. The van der Waals surface area contributed by atoms with Crippen molar-refractivity contribution in [3.8, 4) is 5.75 Å². The number of aliphatic hydroxyl groups is 1. The maximum absolute atomic E-state index is 13.0. The lowest BCUT2D eigenvalue weighted by Crippen LogP contribution is -2.15. The Labute approximate surface area is 72.5 Å². The van der Waals surface area contributed by atoms with Crippen molar-refractivity contribution in [2.24, 2.45) is 0 Å². The molecule has 0 amide bonds. The average molecular weight is 188 g/mol. The molecule has 5 heteroatoms. The normalized spacial score (nSPS) is 20.7. The van der Waals surface area contributed by atoms with Crippen LogP contribution in [0.15, 0.2) is 12.1 Å². The first-order chi connectivity index (χ1) is 6.20. The topological polar surface area (TPSA) is 38.7 Å². The summed E-state index contributed by atoms with van der Waals surface area (Å²) in [6, 6.07) is 2.47. The van der Waals surface area contributed by atoms with Gasteiger partial charge in [-0.25, -0.2) is 4.39 Å². The van der Waals surface area contributed by atoms with E-state index in [1.807, 2.05) is 0 Å². The molecule has 2 bridgehead atoms. The molecule has 0 spiro atoms. The van der Waals surface area contributed by atoms with Crippen molar-refractivity contribution in [2.75, 3.05) is 6.79 Å². The number of benzene rings is 1. The minimum atomic E-state index is -1.48. The second-order valence-corrected chi connectivity index (χ2v) is 2.56. The molecule has 0 radical (unpaired) electrons. The van der Waals surface area contributed by atoms with E-state index in [1.54, 1.807) is 0 Å². The molecule has 0 saturated carbocycles. The lowest BCUT2D eigenvalue weighted by Gasteiger charge is -2.18. The minimum Gasteiger partial charge on any atom is -0.464 e. The van der Waals surface area contributed by atoms with Crippen molar-refractivity contribution in [1.82, 2.24) is 0 Å². The number of fused-ring (bicyclic) bond motifs is 5. The van der Waals surface area contributed by atoms with E-state index in [0.717, 1.165) is 0 Å². The fourth-order valence-corrected chi connectivity index (χ4v) is 1.10. The summed E-state index contributed by atoms with van der Waals surface area (Å²) in [4.78, 5) is 0. The van der Waals surface area contributed by atoms with E-state index in [0.29, 0.717) is 0 Å². The van der Waals surface area contributed by atoms with Gasteiger partial charge in [-0.1, -0.05) is 0 Å². The van der Waals surface area contributed by atoms with Crippen molar-refractivity contribution >= 4 is 0 Å². The van der Waals surface area contributed by atoms with Gasteiger partial charge in [0.05, 0.1) is 0 Å². The second-order valence-electron chi connectivity index (χ2n) is 2.56. The number of ether oxygens (including phenoxy) is 2. The van der Waals surface area contributed by atoms with Crippen LogP contribution < -0.4 is 4.74 Å². The zero-order valence-corrected chi connectivity index (χ0v) is 6.46. The van der Waals surface area contributed by atoms with Gasteiger partial charge in [-0.15, -0.1) is 0 Å². The van der Waals surface area contributed by atoms with E-state index < -0.39 is 17.9 Å². The molecule has 1 N–H and O–H groups in total. The molecular formula is C8H6F2O3. The average Bonchev–Trinajstić information content (AvgIpc) is 2.08. The molecule has 0 fully saturated rings. The number of aliphatic hydroxyl groups excluding tert-OH is 1. The minimum absolute atomic E-state index is 0.215. The Morgan fingerprint density at radius 1 is 1.31 bits per heavy atom. The van der Waals surface area contributed by atoms with E-state index >= 15 is 0 Å². The Kier molecular flexibility index (Phi) is 1.90. The highest BCUT2D eigenvalue weighted by molar-refractivity contribution is 5.32. The van der Waals surface area contributed by atoms with Gasteiger partial charge in [0.2, 0.25) is 5.82 Å². The van der Waals surface area contributed by atoms with Crippen molar-refractivity contribution in [1.29, 1.82) is 0 Å². The molecule has 0 aliphatic carbocycles. The molecule has 1 unspecified atom stereocenters. The molecule has 1 atom stereocenters. The van der Waals surface area contributed by atoms with Crippen LogP contribution in [0.2, 0.25) is 0 Å². The van der Waals surface area contributed by atoms with E-state index in [4.69, 9.17) is 5.11 Å². The molecule has 0 aromatic heterocycles. The number of halogens is 2. The maximum Gasteiger partial charge on any atom is 0.201 e. The monoisotopic (exact) mass is 188 g/mol. The van der Waals surface area contributed by atoms with Crippen LogP contribution in [0.4, 0.5) is 8.78 Å². The molecule has 3 rings (SSSR count). The zero-order valence-electron chi connectivity index (χ0n) is 6.46. The van der Waals surface area contributed by atoms with E-state index in [-0.39, 0.29) is 18.1 Å². The molecule has 3 nitrogen and oxygen atoms in total. The fourth-order valence-electron chi connectivity index (χ4n) is 1.10. The predicted octanol–water partition coefficient (Wildman–Crippen LogP) is 1.32. The Bertz CT molecular complexity index is 340. The fraction of sp³-hybridized carbons (Fsp3) is 0.250. The van der Waals surface area contributed by atoms with Crippen molar-refractivity contribution in [3.63, 3.8) is 0 Å². The van der Waals surface area contributed by atoms with Crippen LogP contribution in [0, 0.1) is 11.6 Å². The summed E-state index contributed by atoms with van der Waals surface area (Å²) in [5.41, 5.74) is -0.218. The number of hydrogen-bond donors (Lipinski definition) is 1.